The first-order valence-electron chi connectivity index (χ1n) is 5.59. The molecule has 1 aromatic carbocycles. The van der Waals surface area contributed by atoms with Crippen molar-refractivity contribution in [2.24, 2.45) is 11.7 Å². The van der Waals surface area contributed by atoms with Crippen LogP contribution in [0.25, 0.3) is 10.1 Å². The first-order chi connectivity index (χ1) is 8.15. The third kappa shape index (κ3) is 2.18. The van der Waals surface area contributed by atoms with Crippen molar-refractivity contribution in [3.8, 4) is 0 Å². The van der Waals surface area contributed by atoms with E-state index in [1.807, 2.05) is 36.6 Å². The van der Waals surface area contributed by atoms with Crippen LogP contribution in [-0.2, 0) is 4.79 Å². The van der Waals surface area contributed by atoms with Crippen LogP contribution in [0.1, 0.15) is 24.9 Å². The molecule has 0 saturated heterocycles. The van der Waals surface area contributed by atoms with Crippen LogP contribution in [0.15, 0.2) is 29.6 Å². The number of benzene rings is 1. The van der Waals surface area contributed by atoms with Crippen LogP contribution >= 0.6 is 11.3 Å². The normalized spacial score (nSPS) is 14.7. The highest BCUT2D eigenvalue weighted by atomic mass is 32.1. The molecule has 0 aliphatic carbocycles. The minimum atomic E-state index is -0.824. The number of carboxylic acids is 1. The first-order valence-corrected chi connectivity index (χ1v) is 6.47. The molecule has 0 spiro atoms. The number of fused-ring (bicyclic) bond motifs is 1. The predicted molar refractivity (Wildman–Crippen MR) is 70.2 cm³/mol. The lowest BCUT2D eigenvalue weighted by Crippen LogP contribution is -2.27. The summed E-state index contributed by atoms with van der Waals surface area (Å²) in [6.45, 7) is 1.85. The molecule has 90 valence electrons. The molecule has 0 amide bonds. The topological polar surface area (TPSA) is 63.3 Å². The molecule has 17 heavy (non-hydrogen) atoms. The van der Waals surface area contributed by atoms with E-state index in [9.17, 15) is 4.79 Å². The van der Waals surface area contributed by atoms with Crippen LogP contribution in [0.2, 0.25) is 0 Å². The third-order valence-electron chi connectivity index (χ3n) is 3.06. The number of thiophene rings is 1. The molecule has 2 rings (SSSR count). The van der Waals surface area contributed by atoms with E-state index in [1.54, 1.807) is 11.3 Å². The molecular formula is C13H15NO2S. The van der Waals surface area contributed by atoms with Crippen LogP contribution in [0.5, 0.6) is 0 Å². The average molecular weight is 249 g/mol. The van der Waals surface area contributed by atoms with Crippen LogP contribution < -0.4 is 5.73 Å². The minimum Gasteiger partial charge on any atom is -0.481 e. The smallest absolute Gasteiger partial charge is 0.308 e. The number of hydrogen-bond acceptors (Lipinski definition) is 3. The number of aliphatic carboxylic acids is 1. The monoisotopic (exact) mass is 249 g/mol. The van der Waals surface area contributed by atoms with Gasteiger partial charge in [0.2, 0.25) is 0 Å². The van der Waals surface area contributed by atoms with Crippen LogP contribution in [0.3, 0.4) is 0 Å². The van der Waals surface area contributed by atoms with E-state index in [2.05, 4.69) is 0 Å². The molecule has 0 saturated carbocycles. The van der Waals surface area contributed by atoms with Gasteiger partial charge in [-0.1, -0.05) is 25.1 Å². The van der Waals surface area contributed by atoms with Gasteiger partial charge >= 0.3 is 5.97 Å². The Morgan fingerprint density at radius 1 is 1.47 bits per heavy atom. The van der Waals surface area contributed by atoms with Crippen LogP contribution in [0, 0.1) is 5.92 Å². The largest absolute Gasteiger partial charge is 0.481 e. The van der Waals surface area contributed by atoms with Crippen molar-refractivity contribution in [3.63, 3.8) is 0 Å². The lowest BCUT2D eigenvalue weighted by atomic mass is 9.91. The van der Waals surface area contributed by atoms with Crippen molar-refractivity contribution in [1.29, 1.82) is 0 Å². The molecule has 2 unspecified atom stereocenters. The number of carboxylic acid groups (broad SMARTS) is 1. The van der Waals surface area contributed by atoms with Gasteiger partial charge in [-0.3, -0.25) is 4.79 Å². The summed E-state index contributed by atoms with van der Waals surface area (Å²) in [6, 6.07) is 7.51. The van der Waals surface area contributed by atoms with Gasteiger partial charge in [-0.2, -0.15) is 0 Å². The Labute approximate surface area is 104 Å². The lowest BCUT2D eigenvalue weighted by molar-refractivity contribution is -0.142. The molecule has 1 heterocycles. The van der Waals surface area contributed by atoms with E-state index in [4.69, 9.17) is 10.8 Å². The van der Waals surface area contributed by atoms with E-state index in [-0.39, 0.29) is 0 Å². The Morgan fingerprint density at radius 2 is 2.18 bits per heavy atom. The fourth-order valence-corrected chi connectivity index (χ4v) is 3.06. The van der Waals surface area contributed by atoms with E-state index in [1.165, 1.54) is 0 Å². The van der Waals surface area contributed by atoms with Crippen molar-refractivity contribution < 1.29 is 9.90 Å². The van der Waals surface area contributed by atoms with Gasteiger partial charge < -0.3 is 10.8 Å². The number of carbonyl (C=O) groups is 1. The SMILES string of the molecule is CCC(C(=O)O)C(N)c1csc2ccccc12. The molecule has 3 nitrogen and oxygen atoms in total. The maximum Gasteiger partial charge on any atom is 0.308 e. The summed E-state index contributed by atoms with van der Waals surface area (Å²) in [7, 11) is 0. The quantitative estimate of drug-likeness (QED) is 0.875. The molecule has 0 aliphatic rings. The molecule has 2 aromatic rings. The van der Waals surface area contributed by atoms with E-state index in [0.29, 0.717) is 6.42 Å². The summed E-state index contributed by atoms with van der Waals surface area (Å²) in [5.74, 6) is -1.34. The fraction of sp³-hybridized carbons (Fsp3) is 0.308. The zero-order valence-corrected chi connectivity index (χ0v) is 10.4. The summed E-state index contributed by atoms with van der Waals surface area (Å²) < 4.78 is 1.15. The summed E-state index contributed by atoms with van der Waals surface area (Å²) in [6.07, 6.45) is 0.542. The van der Waals surface area contributed by atoms with Crippen molar-refractivity contribution in [1.82, 2.24) is 0 Å². The molecular weight excluding hydrogens is 234 g/mol. The highest BCUT2D eigenvalue weighted by Crippen LogP contribution is 2.33. The Balaban J connectivity index is 2.42. The van der Waals surface area contributed by atoms with Gasteiger partial charge in [0.05, 0.1) is 5.92 Å². The Hall–Kier alpha value is -1.39. The van der Waals surface area contributed by atoms with Gasteiger partial charge in [0.25, 0.3) is 0 Å². The Morgan fingerprint density at radius 3 is 2.82 bits per heavy atom. The van der Waals surface area contributed by atoms with Crippen LogP contribution in [0.4, 0.5) is 0 Å². The highest BCUT2D eigenvalue weighted by Gasteiger charge is 2.26. The van der Waals surface area contributed by atoms with Gasteiger partial charge in [0.1, 0.15) is 0 Å². The predicted octanol–water partition coefficient (Wildman–Crippen LogP) is 3.01. The number of rotatable bonds is 4. The highest BCUT2D eigenvalue weighted by molar-refractivity contribution is 7.17. The minimum absolute atomic E-state index is 0.436. The fourth-order valence-electron chi connectivity index (χ4n) is 2.06. The number of nitrogens with two attached hydrogens (primary N) is 1. The third-order valence-corrected chi connectivity index (χ3v) is 4.04. The molecule has 0 bridgehead atoms. The second-order valence-corrected chi connectivity index (χ2v) is 4.98. The Bertz CT molecular complexity index is 535. The van der Waals surface area contributed by atoms with Gasteiger partial charge in [-0.05, 0) is 28.8 Å². The van der Waals surface area contributed by atoms with Gasteiger partial charge in [-0.15, -0.1) is 11.3 Å². The molecule has 0 radical (unpaired) electrons. The summed E-state index contributed by atoms with van der Waals surface area (Å²) >= 11 is 1.61. The lowest BCUT2D eigenvalue weighted by Gasteiger charge is -2.18. The van der Waals surface area contributed by atoms with Gasteiger partial charge in [0, 0.05) is 10.7 Å². The van der Waals surface area contributed by atoms with Crippen LogP contribution in [-0.4, -0.2) is 11.1 Å². The van der Waals surface area contributed by atoms with Gasteiger partial charge in [0.15, 0.2) is 0 Å². The second-order valence-electron chi connectivity index (χ2n) is 4.07. The molecule has 2 atom stereocenters. The van der Waals surface area contributed by atoms with E-state index >= 15 is 0 Å². The van der Waals surface area contributed by atoms with Crippen molar-refractivity contribution in [2.75, 3.05) is 0 Å². The molecule has 3 N–H and O–H groups in total. The maximum absolute atomic E-state index is 11.1. The van der Waals surface area contributed by atoms with Gasteiger partial charge in [-0.25, -0.2) is 0 Å². The maximum atomic E-state index is 11.1. The average Bonchev–Trinajstić information content (AvgIpc) is 2.72. The van der Waals surface area contributed by atoms with E-state index < -0.39 is 17.9 Å². The van der Waals surface area contributed by atoms with E-state index in [0.717, 1.165) is 15.6 Å². The zero-order valence-electron chi connectivity index (χ0n) is 9.59. The van der Waals surface area contributed by atoms with Crippen molar-refractivity contribution in [2.45, 2.75) is 19.4 Å². The van der Waals surface area contributed by atoms with Crippen molar-refractivity contribution >= 4 is 27.4 Å². The summed E-state index contributed by atoms with van der Waals surface area (Å²) in [4.78, 5) is 11.1. The number of hydrogen-bond donors (Lipinski definition) is 2. The first kappa shape index (κ1) is 12.1. The zero-order chi connectivity index (χ0) is 12.4. The summed E-state index contributed by atoms with van der Waals surface area (Å²) in [5.41, 5.74) is 7.03. The molecule has 0 aliphatic heterocycles. The summed E-state index contributed by atoms with van der Waals surface area (Å²) in [5, 5.41) is 12.2. The standard InChI is InChI=1S/C13H15NO2S/c1-2-8(13(15)16)12(14)10-7-17-11-6-4-3-5-9(10)11/h3-8,12H,2,14H2,1H3,(H,15,16). The second kappa shape index (κ2) is 4.85. The molecule has 0 fully saturated rings. The Kier molecular flexibility index (Phi) is 3.45. The van der Waals surface area contributed by atoms with Crippen molar-refractivity contribution in [3.05, 3.63) is 35.2 Å². The molecule has 4 heteroatoms. The molecule has 1 aromatic heterocycles.